The molecule has 18 unspecified atom stereocenters. The summed E-state index contributed by atoms with van der Waals surface area (Å²) in [6.07, 6.45) is 31.6. The van der Waals surface area contributed by atoms with Crippen LogP contribution in [-0.4, -0.2) is 205 Å². The summed E-state index contributed by atoms with van der Waals surface area (Å²) in [6.45, 7) is 5.58. The van der Waals surface area contributed by atoms with Gasteiger partial charge in [-0.1, -0.05) is 328 Å². The summed E-state index contributed by atoms with van der Waals surface area (Å²) in [5.41, 5.74) is 0. The molecule has 1 aliphatic carbocycles. The quantitative estimate of drug-likeness (QED) is 0.00889. The molecule has 0 aromatic heterocycles. The van der Waals surface area contributed by atoms with Crippen molar-refractivity contribution in [2.24, 2.45) is 0 Å². The van der Waals surface area contributed by atoms with Crippen molar-refractivity contribution in [1.29, 1.82) is 0 Å². The van der Waals surface area contributed by atoms with Crippen LogP contribution < -0.4 is 0 Å². The Morgan fingerprint density at radius 1 is 0.331 bits per heavy atom. The van der Waals surface area contributed by atoms with E-state index in [9.17, 15) is 74.6 Å². The third-order valence-corrected chi connectivity index (χ3v) is 24.2. The van der Waals surface area contributed by atoms with Crippen molar-refractivity contribution in [3.05, 3.63) is 24.3 Å². The van der Waals surface area contributed by atoms with E-state index in [0.717, 1.165) is 135 Å². The summed E-state index contributed by atoms with van der Waals surface area (Å²) in [4.78, 5) is 66.5. The first kappa shape index (κ1) is 109. The second-order valence-corrected chi connectivity index (χ2v) is 35.3. The van der Waals surface area contributed by atoms with Gasteiger partial charge in [-0.15, -0.1) is 0 Å². The van der Waals surface area contributed by atoms with Crippen molar-refractivity contribution in [2.75, 3.05) is 26.4 Å². The first-order valence-corrected chi connectivity index (χ1v) is 49.1. The molecule has 0 bridgehead atoms. The molecule has 692 valence electrons. The number of aliphatic hydroxyl groups is 9. The van der Waals surface area contributed by atoms with Crippen LogP contribution >= 0.6 is 7.82 Å². The highest BCUT2D eigenvalue weighted by molar-refractivity contribution is 7.47. The number of carbonyl (C=O) groups excluding carboxylic acids is 4. The zero-order chi connectivity index (χ0) is 86.1. The van der Waals surface area contributed by atoms with E-state index in [1.807, 2.05) is 0 Å². The summed E-state index contributed by atoms with van der Waals surface area (Å²) in [5.74, 6) is -2.98. The number of unbranched alkanes of at least 4 members (excludes halogenated alkanes) is 49. The normalized spacial score (nSPS) is 25.0. The molecule has 118 heavy (non-hydrogen) atoms. The summed E-state index contributed by atoms with van der Waals surface area (Å²) in [6, 6.07) is 0. The summed E-state index contributed by atoms with van der Waals surface area (Å²) < 4.78 is 73.4. The Labute approximate surface area is 711 Å². The van der Waals surface area contributed by atoms with Crippen LogP contribution in [-0.2, 0) is 70.7 Å². The van der Waals surface area contributed by atoms with Gasteiger partial charge in [0.15, 0.2) is 24.8 Å². The minimum Gasteiger partial charge on any atom is -0.463 e. The van der Waals surface area contributed by atoms with Gasteiger partial charge < -0.3 is 88.7 Å². The maximum Gasteiger partial charge on any atom is 0.472 e. The highest BCUT2D eigenvalue weighted by Crippen LogP contribution is 2.49. The SMILES string of the molecule is CCCCCC/C=C\CCCCCCCCCC(=O)OC(COC(=O)CCCCCCCCCCCCCCCCCC)COP(=O)(O)OC1C(OC2OC(CO)C(O)C(O)C2O)C(O)C(O)C(OC(=O)CCCCCCCCCCCCCCCCC)C1OC1OC(COC(=O)CCCCC/C=C\CCCCCCCC)C(O)C(O)C1O. The lowest BCUT2D eigenvalue weighted by Crippen LogP contribution is -2.70. The molecule has 2 saturated heterocycles. The Morgan fingerprint density at radius 2 is 0.636 bits per heavy atom. The molecule has 0 spiro atoms. The third-order valence-electron chi connectivity index (χ3n) is 23.2. The highest BCUT2D eigenvalue weighted by atomic mass is 31.2. The zero-order valence-electron chi connectivity index (χ0n) is 73.7. The molecule has 10 N–H and O–H groups in total. The van der Waals surface area contributed by atoms with Crippen molar-refractivity contribution >= 4 is 31.7 Å². The van der Waals surface area contributed by atoms with Gasteiger partial charge in [-0.3, -0.25) is 28.2 Å². The van der Waals surface area contributed by atoms with Gasteiger partial charge in [0.2, 0.25) is 0 Å². The standard InChI is InChI=1S/C92H169O25P/c1-5-9-13-17-21-25-29-33-36-39-41-45-48-52-56-60-64-75(94)108-69-72(111-77(96)66-62-58-54-50-46-42-37-34-30-26-22-18-14-10-6-2)70-110-118(106,107)117-90-88(115-91-85(104)81(100)79(98)73(68-93)112-91)84(103)83(102)87(114-78(97)67-63-59-55-51-47-43-38-35-31-27-23-19-15-11-7-3)89(90)116-92-86(105)82(101)80(99)74(113-92)71-109-76(95)65-61-57-53-49-44-40-32-28-24-20-16-12-8-4/h26,30,40,44,72-74,79-93,98-105H,5-25,27-29,31-39,41-43,45-71H2,1-4H3,(H,106,107)/b30-26-,44-40-. The lowest BCUT2D eigenvalue weighted by Gasteiger charge is -2.50. The van der Waals surface area contributed by atoms with Gasteiger partial charge in [0, 0.05) is 25.7 Å². The number of allylic oxidation sites excluding steroid dienone is 4. The second kappa shape index (κ2) is 71.1. The lowest BCUT2D eigenvalue weighted by atomic mass is 9.84. The van der Waals surface area contributed by atoms with E-state index in [2.05, 4.69) is 52.0 Å². The van der Waals surface area contributed by atoms with Crippen LogP contribution in [0, 0.1) is 0 Å². The van der Waals surface area contributed by atoms with Gasteiger partial charge in [-0.05, 0) is 77.0 Å². The predicted octanol–water partition coefficient (Wildman–Crippen LogP) is 17.7. The molecular formula is C92H169O25P. The van der Waals surface area contributed by atoms with E-state index in [4.69, 9.17) is 46.9 Å². The van der Waals surface area contributed by atoms with E-state index in [0.29, 0.717) is 44.9 Å². The average Bonchev–Trinajstić information content (AvgIpc) is 0.756. The van der Waals surface area contributed by atoms with E-state index in [1.165, 1.54) is 173 Å². The molecule has 2 aliphatic heterocycles. The van der Waals surface area contributed by atoms with Gasteiger partial charge in [-0.2, -0.15) is 0 Å². The van der Waals surface area contributed by atoms with Crippen LogP contribution in [0.15, 0.2) is 24.3 Å². The third kappa shape index (κ3) is 50.8. The minimum atomic E-state index is -5.81. The fourth-order valence-corrected chi connectivity index (χ4v) is 16.6. The van der Waals surface area contributed by atoms with E-state index < -0.39 is 162 Å². The van der Waals surface area contributed by atoms with Gasteiger partial charge in [0.05, 0.1) is 13.2 Å². The number of ether oxygens (including phenoxy) is 8. The molecule has 1 saturated carbocycles. The number of phosphoric ester groups is 1. The minimum absolute atomic E-state index is 0.00551. The van der Waals surface area contributed by atoms with E-state index >= 15 is 0 Å². The maximum atomic E-state index is 14.9. The molecule has 2 heterocycles. The van der Waals surface area contributed by atoms with E-state index in [1.54, 1.807) is 0 Å². The predicted molar refractivity (Wildman–Crippen MR) is 458 cm³/mol. The maximum absolute atomic E-state index is 14.9. The lowest BCUT2D eigenvalue weighted by molar-refractivity contribution is -0.360. The molecule has 0 amide bonds. The van der Waals surface area contributed by atoms with Gasteiger partial charge in [-0.25, -0.2) is 4.57 Å². The average molecular weight is 1710 g/mol. The molecule has 0 radical (unpaired) electrons. The molecule has 3 aliphatic rings. The smallest absolute Gasteiger partial charge is 0.463 e. The summed E-state index contributed by atoms with van der Waals surface area (Å²) in [5, 5.41) is 102. The number of phosphoric acid groups is 1. The number of hydrogen-bond acceptors (Lipinski definition) is 24. The fraction of sp³-hybridized carbons (Fsp3) is 0.913. The van der Waals surface area contributed by atoms with Crippen molar-refractivity contribution < 1.29 is 122 Å². The Bertz CT molecular complexity index is 2550. The highest BCUT2D eigenvalue weighted by Gasteiger charge is 2.60. The molecular weight excluding hydrogens is 1540 g/mol. The van der Waals surface area contributed by atoms with Gasteiger partial charge >= 0.3 is 31.7 Å². The Morgan fingerprint density at radius 3 is 1.03 bits per heavy atom. The van der Waals surface area contributed by atoms with Crippen molar-refractivity contribution in [1.82, 2.24) is 0 Å². The zero-order valence-corrected chi connectivity index (χ0v) is 74.6. The van der Waals surface area contributed by atoms with Crippen LogP contribution in [0.25, 0.3) is 0 Å². The number of rotatable bonds is 77. The van der Waals surface area contributed by atoms with Crippen LogP contribution in [0.1, 0.15) is 407 Å². The van der Waals surface area contributed by atoms with Crippen LogP contribution in [0.3, 0.4) is 0 Å². The largest absolute Gasteiger partial charge is 0.472 e. The topological polar surface area (TPSA) is 380 Å². The molecule has 3 fully saturated rings. The second-order valence-electron chi connectivity index (χ2n) is 33.9. The van der Waals surface area contributed by atoms with E-state index in [-0.39, 0.29) is 25.7 Å². The number of carbonyl (C=O) groups is 4. The first-order valence-electron chi connectivity index (χ1n) is 47.6. The van der Waals surface area contributed by atoms with Gasteiger partial charge in [0.1, 0.15) is 92.6 Å². The first-order chi connectivity index (χ1) is 57.2. The number of aliphatic hydroxyl groups excluding tert-OH is 9. The van der Waals surface area contributed by atoms with Crippen molar-refractivity contribution in [2.45, 2.75) is 511 Å². The molecule has 25 nitrogen and oxygen atoms in total. The van der Waals surface area contributed by atoms with Crippen molar-refractivity contribution in [3.63, 3.8) is 0 Å². The fourth-order valence-electron chi connectivity index (χ4n) is 15.6. The Kier molecular flexibility index (Phi) is 65.8. The number of esters is 4. The van der Waals surface area contributed by atoms with Crippen LogP contribution in [0.4, 0.5) is 0 Å². The molecule has 0 aromatic carbocycles. The Hall–Kier alpha value is -3.05. The Balaban J connectivity index is 1.92. The van der Waals surface area contributed by atoms with Gasteiger partial charge in [0.25, 0.3) is 0 Å². The van der Waals surface area contributed by atoms with Crippen LogP contribution in [0.2, 0.25) is 0 Å². The monoisotopic (exact) mass is 1710 g/mol. The summed E-state index contributed by atoms with van der Waals surface area (Å²) >= 11 is 0. The van der Waals surface area contributed by atoms with Crippen molar-refractivity contribution in [3.8, 4) is 0 Å². The molecule has 0 aromatic rings. The molecule has 3 rings (SSSR count). The molecule has 26 heteroatoms. The van der Waals surface area contributed by atoms with Crippen LogP contribution in [0.5, 0.6) is 0 Å². The number of hydrogen-bond donors (Lipinski definition) is 10. The molecule has 18 atom stereocenters. The summed E-state index contributed by atoms with van der Waals surface area (Å²) in [7, 11) is -5.81.